The highest BCUT2D eigenvalue weighted by molar-refractivity contribution is 6.31. The highest BCUT2D eigenvalue weighted by atomic mass is 35.5. The largest absolute Gasteiger partial charge is 0.397 e. The van der Waals surface area contributed by atoms with E-state index in [1.54, 1.807) is 6.07 Å². The molecular weight excluding hydrogens is 282 g/mol. The van der Waals surface area contributed by atoms with Crippen LogP contribution in [0.3, 0.4) is 0 Å². The quantitative estimate of drug-likeness (QED) is 0.831. The predicted octanol–water partition coefficient (Wildman–Crippen LogP) is 4.16. The molecular formula is C15H15ClF2N2. The maximum absolute atomic E-state index is 13.2. The van der Waals surface area contributed by atoms with Crippen molar-refractivity contribution in [1.82, 2.24) is 0 Å². The molecule has 2 nitrogen and oxygen atoms in total. The van der Waals surface area contributed by atoms with Gasteiger partial charge < -0.3 is 11.1 Å². The lowest BCUT2D eigenvalue weighted by Crippen LogP contribution is -2.08. The topological polar surface area (TPSA) is 38.0 Å². The van der Waals surface area contributed by atoms with Gasteiger partial charge in [0.15, 0.2) is 0 Å². The molecule has 2 rings (SSSR count). The van der Waals surface area contributed by atoms with Gasteiger partial charge in [-0.25, -0.2) is 8.78 Å². The second-order valence-corrected chi connectivity index (χ2v) is 5.01. The Morgan fingerprint density at radius 1 is 1.20 bits per heavy atom. The molecule has 0 fully saturated rings. The van der Waals surface area contributed by atoms with Crippen LogP contribution in [-0.4, -0.2) is 6.54 Å². The molecule has 0 spiro atoms. The smallest absolute Gasteiger partial charge is 0.143 e. The number of anilines is 2. The zero-order chi connectivity index (χ0) is 14.7. The van der Waals surface area contributed by atoms with Crippen molar-refractivity contribution in [3.63, 3.8) is 0 Å². The first-order chi connectivity index (χ1) is 9.47. The average molecular weight is 297 g/mol. The number of halogens is 3. The summed E-state index contributed by atoms with van der Waals surface area (Å²) < 4.78 is 26.1. The van der Waals surface area contributed by atoms with Crippen LogP contribution in [0.1, 0.15) is 11.1 Å². The van der Waals surface area contributed by atoms with Gasteiger partial charge in [-0.2, -0.15) is 0 Å². The molecule has 0 bridgehead atoms. The minimum Gasteiger partial charge on any atom is -0.397 e. The maximum Gasteiger partial charge on any atom is 0.143 e. The summed E-state index contributed by atoms with van der Waals surface area (Å²) in [6, 6.07) is 7.34. The molecule has 5 heteroatoms. The zero-order valence-corrected chi connectivity index (χ0v) is 11.8. The van der Waals surface area contributed by atoms with Gasteiger partial charge in [-0.05, 0) is 42.7 Å². The lowest BCUT2D eigenvalue weighted by atomic mass is 10.1. The summed E-state index contributed by atoms with van der Waals surface area (Å²) in [5, 5.41) is 3.13. The first-order valence-electron chi connectivity index (χ1n) is 6.21. The van der Waals surface area contributed by atoms with Crippen LogP contribution < -0.4 is 11.1 Å². The normalized spacial score (nSPS) is 10.6. The molecule has 0 saturated heterocycles. The first kappa shape index (κ1) is 14.6. The van der Waals surface area contributed by atoms with Crippen LogP contribution >= 0.6 is 11.6 Å². The Kier molecular flexibility index (Phi) is 4.45. The molecule has 0 aliphatic heterocycles. The standard InChI is InChI=1S/C15H15ClF2N2/c1-9-6-11(17)3-2-10(9)4-5-20-15-7-12(16)13(18)8-14(15)19/h2-3,6-8,20H,4-5,19H2,1H3. The van der Waals surface area contributed by atoms with Crippen LogP contribution in [0.2, 0.25) is 5.02 Å². The van der Waals surface area contributed by atoms with Gasteiger partial charge in [-0.1, -0.05) is 17.7 Å². The molecule has 0 atom stereocenters. The number of nitrogens with one attached hydrogen (secondary N) is 1. The van der Waals surface area contributed by atoms with Gasteiger partial charge in [-0.3, -0.25) is 0 Å². The van der Waals surface area contributed by atoms with E-state index in [0.29, 0.717) is 24.3 Å². The van der Waals surface area contributed by atoms with Crippen LogP contribution in [0.15, 0.2) is 30.3 Å². The number of nitrogens with two attached hydrogens (primary N) is 1. The van der Waals surface area contributed by atoms with E-state index in [1.165, 1.54) is 24.3 Å². The van der Waals surface area contributed by atoms with Crippen LogP contribution in [0.4, 0.5) is 20.2 Å². The van der Waals surface area contributed by atoms with E-state index in [2.05, 4.69) is 5.32 Å². The summed E-state index contributed by atoms with van der Waals surface area (Å²) in [6.07, 6.45) is 0.709. The Bertz CT molecular complexity index is 630. The Morgan fingerprint density at radius 3 is 2.65 bits per heavy atom. The fourth-order valence-corrected chi connectivity index (χ4v) is 2.15. The van der Waals surface area contributed by atoms with Gasteiger partial charge in [0.1, 0.15) is 11.6 Å². The van der Waals surface area contributed by atoms with Crippen LogP contribution in [0.5, 0.6) is 0 Å². The third kappa shape index (κ3) is 3.39. The summed E-state index contributed by atoms with van der Waals surface area (Å²) >= 11 is 5.71. The van der Waals surface area contributed by atoms with Crippen molar-refractivity contribution in [2.75, 3.05) is 17.6 Å². The lowest BCUT2D eigenvalue weighted by molar-refractivity contribution is 0.625. The van der Waals surface area contributed by atoms with Crippen molar-refractivity contribution in [1.29, 1.82) is 0 Å². The van der Waals surface area contributed by atoms with Crippen molar-refractivity contribution in [2.24, 2.45) is 0 Å². The number of hydrogen-bond donors (Lipinski definition) is 2. The van der Waals surface area contributed by atoms with E-state index < -0.39 is 5.82 Å². The number of aryl methyl sites for hydroxylation is 1. The fourth-order valence-electron chi connectivity index (χ4n) is 1.99. The van der Waals surface area contributed by atoms with Gasteiger partial charge in [0, 0.05) is 12.6 Å². The molecule has 0 unspecified atom stereocenters. The fraction of sp³-hybridized carbons (Fsp3) is 0.200. The van der Waals surface area contributed by atoms with E-state index in [1.807, 2.05) is 6.92 Å². The minimum atomic E-state index is -0.538. The van der Waals surface area contributed by atoms with E-state index in [-0.39, 0.29) is 10.8 Å². The number of rotatable bonds is 4. The third-order valence-electron chi connectivity index (χ3n) is 3.11. The molecule has 2 aromatic rings. The maximum atomic E-state index is 13.2. The highest BCUT2D eigenvalue weighted by Gasteiger charge is 2.06. The molecule has 0 aliphatic rings. The second kappa shape index (κ2) is 6.09. The van der Waals surface area contributed by atoms with Crippen LogP contribution in [0, 0.1) is 18.6 Å². The number of benzene rings is 2. The van der Waals surface area contributed by atoms with Crippen molar-refractivity contribution in [2.45, 2.75) is 13.3 Å². The summed E-state index contributed by atoms with van der Waals surface area (Å²) in [6.45, 7) is 2.46. The number of nitrogen functional groups attached to an aromatic ring is 1. The summed E-state index contributed by atoms with van der Waals surface area (Å²) in [7, 11) is 0. The molecule has 20 heavy (non-hydrogen) atoms. The molecule has 0 amide bonds. The van der Waals surface area contributed by atoms with E-state index in [9.17, 15) is 8.78 Å². The van der Waals surface area contributed by atoms with Gasteiger partial charge in [0.2, 0.25) is 0 Å². The monoisotopic (exact) mass is 296 g/mol. The van der Waals surface area contributed by atoms with Crippen LogP contribution in [-0.2, 0) is 6.42 Å². The summed E-state index contributed by atoms with van der Waals surface area (Å²) in [4.78, 5) is 0. The van der Waals surface area contributed by atoms with E-state index in [0.717, 1.165) is 11.1 Å². The summed E-state index contributed by atoms with van der Waals surface area (Å²) in [5.74, 6) is -0.780. The van der Waals surface area contributed by atoms with E-state index >= 15 is 0 Å². The molecule has 106 valence electrons. The Morgan fingerprint density at radius 2 is 1.95 bits per heavy atom. The average Bonchev–Trinajstić information content (AvgIpc) is 2.38. The van der Waals surface area contributed by atoms with E-state index in [4.69, 9.17) is 17.3 Å². The Balaban J connectivity index is 2.01. The molecule has 0 aromatic heterocycles. The Labute approximate surface area is 121 Å². The molecule has 0 radical (unpaired) electrons. The lowest BCUT2D eigenvalue weighted by Gasteiger charge is -2.11. The van der Waals surface area contributed by atoms with Crippen molar-refractivity contribution < 1.29 is 8.78 Å². The Hall–Kier alpha value is -1.81. The van der Waals surface area contributed by atoms with Gasteiger partial charge in [0.25, 0.3) is 0 Å². The van der Waals surface area contributed by atoms with Gasteiger partial charge in [-0.15, -0.1) is 0 Å². The molecule has 2 aromatic carbocycles. The highest BCUT2D eigenvalue weighted by Crippen LogP contribution is 2.26. The van der Waals surface area contributed by atoms with Gasteiger partial charge in [0.05, 0.1) is 16.4 Å². The van der Waals surface area contributed by atoms with Crippen molar-refractivity contribution in [3.05, 3.63) is 58.1 Å². The summed E-state index contributed by atoms with van der Waals surface area (Å²) in [5.41, 5.74) is 8.56. The van der Waals surface area contributed by atoms with Crippen LogP contribution in [0.25, 0.3) is 0 Å². The van der Waals surface area contributed by atoms with Crippen molar-refractivity contribution >= 4 is 23.0 Å². The first-order valence-corrected chi connectivity index (χ1v) is 6.58. The molecule has 0 saturated carbocycles. The van der Waals surface area contributed by atoms with Crippen molar-refractivity contribution in [3.8, 4) is 0 Å². The molecule has 0 aliphatic carbocycles. The number of hydrogen-bond acceptors (Lipinski definition) is 2. The molecule has 0 heterocycles. The predicted molar refractivity (Wildman–Crippen MR) is 79.2 cm³/mol. The van der Waals surface area contributed by atoms with Gasteiger partial charge >= 0.3 is 0 Å². The second-order valence-electron chi connectivity index (χ2n) is 4.60. The third-order valence-corrected chi connectivity index (χ3v) is 3.40. The SMILES string of the molecule is Cc1cc(F)ccc1CCNc1cc(Cl)c(F)cc1N. The molecule has 3 N–H and O–H groups in total. The minimum absolute atomic E-state index is 0.0275. The zero-order valence-electron chi connectivity index (χ0n) is 11.0.